The van der Waals surface area contributed by atoms with E-state index in [1.54, 1.807) is 12.1 Å². The lowest BCUT2D eigenvalue weighted by Crippen LogP contribution is -2.38. The predicted molar refractivity (Wildman–Crippen MR) is 119 cm³/mol. The van der Waals surface area contributed by atoms with Gasteiger partial charge in [0.25, 0.3) is 11.6 Å². The molecule has 0 atom stereocenters. The summed E-state index contributed by atoms with van der Waals surface area (Å²) in [5.74, 6) is -0.850. The number of rotatable bonds is 8. The zero-order chi connectivity index (χ0) is 21.0. The molecular weight excluding hydrogens is 431 g/mol. The van der Waals surface area contributed by atoms with Gasteiger partial charge in [0.1, 0.15) is 11.3 Å². The number of amides is 1. The first-order valence-electron chi connectivity index (χ1n) is 9.28. The van der Waals surface area contributed by atoms with Crippen molar-refractivity contribution in [2.75, 3.05) is 31.1 Å². The van der Waals surface area contributed by atoms with Gasteiger partial charge in [0.2, 0.25) is 0 Å². The molecule has 1 heterocycles. The van der Waals surface area contributed by atoms with E-state index in [1.165, 1.54) is 46.6 Å². The van der Waals surface area contributed by atoms with Crippen LogP contribution in [0.4, 0.5) is 15.2 Å². The van der Waals surface area contributed by atoms with Crippen LogP contribution >= 0.6 is 23.7 Å². The Morgan fingerprint density at radius 2 is 1.87 bits per heavy atom. The lowest BCUT2D eigenvalue weighted by molar-refractivity contribution is -0.384. The SMILES string of the molecule is CCN(CC)CCN(C(=O)c1cccc([N+](=O)[O-])c1)c1nc2c(F)cccc2s1.Cl. The van der Waals surface area contributed by atoms with Crippen LogP contribution in [-0.4, -0.2) is 46.9 Å². The van der Waals surface area contributed by atoms with E-state index >= 15 is 0 Å². The fourth-order valence-corrected chi connectivity index (χ4v) is 4.00. The molecule has 2 aromatic carbocycles. The lowest BCUT2D eigenvalue weighted by atomic mass is 10.2. The molecule has 0 unspecified atom stereocenters. The Kier molecular flexibility index (Phi) is 8.22. The molecule has 0 radical (unpaired) electrons. The van der Waals surface area contributed by atoms with Gasteiger partial charge in [0.05, 0.1) is 9.62 Å². The molecule has 0 aliphatic carbocycles. The summed E-state index contributed by atoms with van der Waals surface area (Å²) in [4.78, 5) is 31.7. The third kappa shape index (κ3) is 5.10. The van der Waals surface area contributed by atoms with Crippen molar-refractivity contribution in [3.05, 3.63) is 64.0 Å². The summed E-state index contributed by atoms with van der Waals surface area (Å²) >= 11 is 1.22. The topological polar surface area (TPSA) is 79.6 Å². The van der Waals surface area contributed by atoms with Gasteiger partial charge < -0.3 is 4.90 Å². The molecule has 0 fully saturated rings. The first-order valence-corrected chi connectivity index (χ1v) is 10.1. The number of aromatic nitrogens is 1. The van der Waals surface area contributed by atoms with E-state index in [1.807, 2.05) is 13.8 Å². The number of thiazole rings is 1. The minimum atomic E-state index is -0.538. The molecule has 3 rings (SSSR count). The average molecular weight is 453 g/mol. The molecule has 7 nitrogen and oxygen atoms in total. The monoisotopic (exact) mass is 452 g/mol. The first-order chi connectivity index (χ1) is 13.9. The third-order valence-corrected chi connectivity index (χ3v) is 5.72. The molecule has 0 saturated heterocycles. The Morgan fingerprint density at radius 3 is 2.50 bits per heavy atom. The summed E-state index contributed by atoms with van der Waals surface area (Å²) in [6.45, 7) is 6.65. The van der Waals surface area contributed by atoms with E-state index in [0.29, 0.717) is 22.9 Å². The van der Waals surface area contributed by atoms with Crippen molar-refractivity contribution in [1.82, 2.24) is 9.88 Å². The fourth-order valence-electron chi connectivity index (χ4n) is 2.99. The van der Waals surface area contributed by atoms with E-state index < -0.39 is 16.6 Å². The highest BCUT2D eigenvalue weighted by atomic mass is 35.5. The maximum Gasteiger partial charge on any atom is 0.270 e. The van der Waals surface area contributed by atoms with Crippen LogP contribution in [0.3, 0.4) is 0 Å². The molecule has 0 N–H and O–H groups in total. The number of nitrogens with zero attached hydrogens (tertiary/aromatic N) is 4. The highest BCUT2D eigenvalue weighted by Gasteiger charge is 2.24. The van der Waals surface area contributed by atoms with Crippen LogP contribution in [0.25, 0.3) is 10.2 Å². The maximum absolute atomic E-state index is 14.1. The van der Waals surface area contributed by atoms with Crippen LogP contribution < -0.4 is 4.90 Å². The maximum atomic E-state index is 14.1. The van der Waals surface area contributed by atoms with E-state index in [-0.39, 0.29) is 29.2 Å². The molecule has 0 aliphatic rings. The molecule has 0 saturated carbocycles. The van der Waals surface area contributed by atoms with Crippen molar-refractivity contribution in [2.24, 2.45) is 0 Å². The molecule has 10 heteroatoms. The fraction of sp³-hybridized carbons (Fsp3) is 0.300. The second-order valence-electron chi connectivity index (χ2n) is 6.37. The summed E-state index contributed by atoms with van der Waals surface area (Å²) in [7, 11) is 0. The first kappa shape index (κ1) is 23.7. The number of hydrogen-bond acceptors (Lipinski definition) is 6. The molecule has 3 aromatic rings. The number of carbonyl (C=O) groups excluding carboxylic acids is 1. The van der Waals surface area contributed by atoms with E-state index in [9.17, 15) is 19.3 Å². The number of nitro benzene ring substituents is 1. The minimum Gasteiger partial charge on any atom is -0.302 e. The number of fused-ring (bicyclic) bond motifs is 1. The second kappa shape index (κ2) is 10.4. The molecule has 160 valence electrons. The van der Waals surface area contributed by atoms with Crippen LogP contribution in [-0.2, 0) is 0 Å². The largest absolute Gasteiger partial charge is 0.302 e. The van der Waals surface area contributed by atoms with Gasteiger partial charge in [0.15, 0.2) is 5.13 Å². The summed E-state index contributed by atoms with van der Waals surface area (Å²) in [5.41, 5.74) is 0.251. The molecule has 1 amide bonds. The number of likely N-dealkylation sites (N-methyl/N-ethyl adjacent to an activating group) is 1. The van der Waals surface area contributed by atoms with Gasteiger partial charge in [-0.05, 0) is 31.3 Å². The predicted octanol–water partition coefficient (Wildman–Crippen LogP) is 4.75. The number of carbonyl (C=O) groups is 1. The van der Waals surface area contributed by atoms with Crippen molar-refractivity contribution < 1.29 is 14.1 Å². The van der Waals surface area contributed by atoms with Crippen LogP contribution in [0, 0.1) is 15.9 Å². The normalized spacial score (nSPS) is 10.8. The highest BCUT2D eigenvalue weighted by molar-refractivity contribution is 7.22. The van der Waals surface area contributed by atoms with Gasteiger partial charge >= 0.3 is 0 Å². The van der Waals surface area contributed by atoms with Gasteiger partial charge in [-0.25, -0.2) is 9.37 Å². The number of non-ortho nitro benzene ring substituents is 1. The van der Waals surface area contributed by atoms with Crippen LogP contribution in [0.15, 0.2) is 42.5 Å². The minimum absolute atomic E-state index is 0. The Labute approximate surface area is 183 Å². The number of anilines is 1. The van der Waals surface area contributed by atoms with Crippen LogP contribution in [0.1, 0.15) is 24.2 Å². The van der Waals surface area contributed by atoms with E-state index in [4.69, 9.17) is 0 Å². The summed E-state index contributed by atoms with van der Waals surface area (Å²) in [6, 6.07) is 10.3. The molecule has 0 spiro atoms. The van der Waals surface area contributed by atoms with Gasteiger partial charge in [0, 0.05) is 30.8 Å². The van der Waals surface area contributed by atoms with Gasteiger partial charge in [-0.2, -0.15) is 0 Å². The Hall–Kier alpha value is -2.62. The van der Waals surface area contributed by atoms with Gasteiger partial charge in [-0.1, -0.05) is 37.3 Å². The van der Waals surface area contributed by atoms with Crippen molar-refractivity contribution >= 4 is 50.7 Å². The highest BCUT2D eigenvalue weighted by Crippen LogP contribution is 2.31. The van der Waals surface area contributed by atoms with E-state index in [2.05, 4.69) is 9.88 Å². The number of halogens is 2. The Bertz CT molecular complexity index is 1040. The van der Waals surface area contributed by atoms with Gasteiger partial charge in [-0.15, -0.1) is 12.4 Å². The standard InChI is InChI=1S/C20H21FN4O3S.ClH/c1-3-23(4-2)11-12-24(19(26)14-7-5-8-15(13-14)25(27)28)20-22-18-16(21)9-6-10-17(18)29-20;/h5-10,13H,3-4,11-12H2,1-2H3;1H. The van der Waals surface area contributed by atoms with E-state index in [0.717, 1.165) is 13.1 Å². The van der Waals surface area contributed by atoms with Crippen molar-refractivity contribution in [3.8, 4) is 0 Å². The van der Waals surface area contributed by atoms with Crippen LogP contribution in [0.5, 0.6) is 0 Å². The number of para-hydroxylation sites is 1. The van der Waals surface area contributed by atoms with Crippen molar-refractivity contribution in [2.45, 2.75) is 13.8 Å². The second-order valence-corrected chi connectivity index (χ2v) is 7.38. The van der Waals surface area contributed by atoms with Crippen molar-refractivity contribution in [1.29, 1.82) is 0 Å². The summed E-state index contributed by atoms with van der Waals surface area (Å²) in [5, 5.41) is 11.5. The lowest BCUT2D eigenvalue weighted by Gasteiger charge is -2.24. The molecule has 1 aromatic heterocycles. The number of nitro groups is 1. The molecule has 30 heavy (non-hydrogen) atoms. The summed E-state index contributed by atoms with van der Waals surface area (Å²) in [6.07, 6.45) is 0. The zero-order valence-electron chi connectivity index (χ0n) is 16.6. The quantitative estimate of drug-likeness (QED) is 0.364. The Morgan fingerprint density at radius 1 is 1.17 bits per heavy atom. The molecule has 0 aliphatic heterocycles. The number of benzene rings is 2. The number of hydrogen-bond donors (Lipinski definition) is 0. The summed E-state index contributed by atoms with van der Waals surface area (Å²) < 4.78 is 14.7. The third-order valence-electron chi connectivity index (χ3n) is 4.67. The van der Waals surface area contributed by atoms with Crippen molar-refractivity contribution in [3.63, 3.8) is 0 Å². The molecule has 0 bridgehead atoms. The van der Waals surface area contributed by atoms with Crippen LogP contribution in [0.2, 0.25) is 0 Å². The zero-order valence-corrected chi connectivity index (χ0v) is 18.2. The average Bonchev–Trinajstić information content (AvgIpc) is 3.16. The molecular formula is C20H22ClFN4O3S. The Balaban J connectivity index is 0.00000320. The van der Waals surface area contributed by atoms with Gasteiger partial charge in [-0.3, -0.25) is 19.8 Å². The smallest absolute Gasteiger partial charge is 0.270 e.